The largest absolute Gasteiger partial charge is 0.496 e. The molecular formula is C31H28F3N5O4. The van der Waals surface area contributed by atoms with Crippen molar-refractivity contribution >= 4 is 23.2 Å². The van der Waals surface area contributed by atoms with Crippen molar-refractivity contribution in [2.45, 2.75) is 26.0 Å². The minimum Gasteiger partial charge on any atom is -0.496 e. The number of carbonyl (C=O) groups is 1. The van der Waals surface area contributed by atoms with Gasteiger partial charge in [0.05, 0.1) is 25.4 Å². The zero-order chi connectivity index (χ0) is 30.9. The first-order valence-electron chi connectivity index (χ1n) is 13.1. The standard InChI is InChI=1S/C31H28F3N5O4/c1-31(2,41)22-14-23(33)27(28(43-4)26(22)34)37-30-36-25-12-8-19(16-39(25)38-30)18-7-11-21(24(13-18)42-3)29(40)35-15-17-5-9-20(32)10-6-17/h5-14,16,41H,15H2,1-4H3,(H,35,40)(H,37,38). The van der Waals surface area contributed by atoms with Crippen molar-refractivity contribution in [1.29, 1.82) is 0 Å². The summed E-state index contributed by atoms with van der Waals surface area (Å²) in [5.41, 5.74) is 0.708. The third-order valence-corrected chi connectivity index (χ3v) is 6.75. The number of nitrogens with one attached hydrogen (secondary N) is 2. The maximum Gasteiger partial charge on any atom is 0.255 e. The summed E-state index contributed by atoms with van der Waals surface area (Å²) in [5, 5.41) is 20.0. The summed E-state index contributed by atoms with van der Waals surface area (Å²) in [4.78, 5) is 17.2. The molecule has 2 heterocycles. The van der Waals surface area contributed by atoms with E-state index in [4.69, 9.17) is 9.47 Å². The molecular weight excluding hydrogens is 563 g/mol. The van der Waals surface area contributed by atoms with Gasteiger partial charge >= 0.3 is 0 Å². The highest BCUT2D eigenvalue weighted by molar-refractivity contribution is 5.97. The average molecular weight is 592 g/mol. The van der Waals surface area contributed by atoms with Gasteiger partial charge in [0.2, 0.25) is 5.95 Å². The van der Waals surface area contributed by atoms with Crippen molar-refractivity contribution < 1.29 is 32.5 Å². The van der Waals surface area contributed by atoms with Crippen LogP contribution in [-0.2, 0) is 12.1 Å². The van der Waals surface area contributed by atoms with E-state index in [9.17, 15) is 14.3 Å². The molecule has 0 saturated carbocycles. The fourth-order valence-corrected chi connectivity index (χ4v) is 4.51. The van der Waals surface area contributed by atoms with Crippen molar-refractivity contribution in [3.8, 4) is 22.6 Å². The van der Waals surface area contributed by atoms with Crippen molar-refractivity contribution in [2.75, 3.05) is 19.5 Å². The number of amides is 1. The number of aromatic nitrogens is 3. The number of nitrogens with zero attached hydrogens (tertiary/aromatic N) is 3. The van der Waals surface area contributed by atoms with Crippen molar-refractivity contribution in [3.05, 3.63) is 101 Å². The van der Waals surface area contributed by atoms with Gasteiger partial charge in [-0.1, -0.05) is 18.2 Å². The quantitative estimate of drug-likeness (QED) is 0.201. The van der Waals surface area contributed by atoms with Crippen LogP contribution in [0.2, 0.25) is 0 Å². The lowest BCUT2D eigenvalue weighted by Crippen LogP contribution is -2.23. The van der Waals surface area contributed by atoms with Crippen molar-refractivity contribution in [2.24, 2.45) is 0 Å². The molecule has 0 fully saturated rings. The molecule has 5 aromatic rings. The van der Waals surface area contributed by atoms with Crippen LogP contribution < -0.4 is 20.1 Å². The first kappa shape index (κ1) is 29.4. The maximum atomic E-state index is 15.0. The number of ether oxygens (including phenoxy) is 2. The van der Waals surface area contributed by atoms with E-state index in [0.717, 1.165) is 17.2 Å². The predicted octanol–water partition coefficient (Wildman–Crippen LogP) is 5.73. The Labute approximate surface area is 244 Å². The van der Waals surface area contributed by atoms with Crippen LogP contribution in [0.3, 0.4) is 0 Å². The third-order valence-electron chi connectivity index (χ3n) is 6.75. The number of hydrogen-bond donors (Lipinski definition) is 3. The lowest BCUT2D eigenvalue weighted by Gasteiger charge is -2.21. The van der Waals surface area contributed by atoms with Crippen molar-refractivity contribution in [1.82, 2.24) is 19.9 Å². The van der Waals surface area contributed by atoms with E-state index in [0.29, 0.717) is 22.5 Å². The van der Waals surface area contributed by atoms with Crippen LogP contribution in [0.5, 0.6) is 11.5 Å². The lowest BCUT2D eigenvalue weighted by molar-refractivity contribution is 0.0735. The van der Waals surface area contributed by atoms with Gasteiger partial charge in [0.25, 0.3) is 5.91 Å². The van der Waals surface area contributed by atoms with Gasteiger partial charge in [-0.15, -0.1) is 5.10 Å². The van der Waals surface area contributed by atoms with Gasteiger partial charge in [0.15, 0.2) is 23.0 Å². The van der Waals surface area contributed by atoms with E-state index in [-0.39, 0.29) is 35.5 Å². The Hall–Kier alpha value is -5.10. The average Bonchev–Trinajstić information content (AvgIpc) is 3.39. The predicted molar refractivity (Wildman–Crippen MR) is 154 cm³/mol. The van der Waals surface area contributed by atoms with Crippen LogP contribution in [0, 0.1) is 17.5 Å². The summed E-state index contributed by atoms with van der Waals surface area (Å²) in [6.07, 6.45) is 1.68. The minimum absolute atomic E-state index is 0.0180. The molecule has 222 valence electrons. The van der Waals surface area contributed by atoms with Crippen LogP contribution in [0.25, 0.3) is 16.8 Å². The molecule has 5 rings (SSSR count). The molecule has 0 aliphatic carbocycles. The van der Waals surface area contributed by atoms with Crippen LogP contribution >= 0.6 is 0 Å². The summed E-state index contributed by atoms with van der Waals surface area (Å²) in [6.45, 7) is 2.90. The Balaban J connectivity index is 1.38. The number of pyridine rings is 1. The number of methoxy groups -OCH3 is 2. The van der Waals surface area contributed by atoms with E-state index >= 15 is 8.78 Å². The molecule has 0 aliphatic rings. The number of fused-ring (bicyclic) bond motifs is 1. The molecule has 0 saturated heterocycles. The second-order valence-corrected chi connectivity index (χ2v) is 10.2. The summed E-state index contributed by atoms with van der Waals surface area (Å²) in [6, 6.07) is 15.3. The lowest BCUT2D eigenvalue weighted by atomic mass is 9.96. The van der Waals surface area contributed by atoms with E-state index < -0.39 is 23.0 Å². The summed E-state index contributed by atoms with van der Waals surface area (Å²) < 4.78 is 55.2. The molecule has 0 spiro atoms. The van der Waals surface area contributed by atoms with Gasteiger partial charge in [-0.25, -0.2) is 17.7 Å². The minimum atomic E-state index is -1.64. The number of anilines is 2. The molecule has 0 radical (unpaired) electrons. The Morgan fingerprint density at radius 3 is 2.37 bits per heavy atom. The molecule has 2 aromatic heterocycles. The number of aliphatic hydroxyl groups is 1. The first-order valence-corrected chi connectivity index (χ1v) is 13.1. The number of benzene rings is 3. The zero-order valence-corrected chi connectivity index (χ0v) is 23.7. The molecule has 9 nitrogen and oxygen atoms in total. The normalized spacial score (nSPS) is 11.4. The fourth-order valence-electron chi connectivity index (χ4n) is 4.51. The molecule has 43 heavy (non-hydrogen) atoms. The molecule has 12 heteroatoms. The van der Waals surface area contributed by atoms with E-state index in [1.54, 1.807) is 48.7 Å². The molecule has 1 amide bonds. The van der Waals surface area contributed by atoms with E-state index in [1.165, 1.54) is 44.7 Å². The van der Waals surface area contributed by atoms with Gasteiger partial charge in [-0.3, -0.25) is 4.79 Å². The van der Waals surface area contributed by atoms with E-state index in [1.807, 2.05) is 0 Å². The molecule has 0 unspecified atom stereocenters. The Morgan fingerprint density at radius 2 is 1.70 bits per heavy atom. The summed E-state index contributed by atoms with van der Waals surface area (Å²) in [5.74, 6) is -2.58. The summed E-state index contributed by atoms with van der Waals surface area (Å²) >= 11 is 0. The molecule has 3 aromatic carbocycles. The summed E-state index contributed by atoms with van der Waals surface area (Å²) in [7, 11) is 2.65. The van der Waals surface area contributed by atoms with Gasteiger partial charge < -0.3 is 25.2 Å². The molecule has 0 aliphatic heterocycles. The highest BCUT2D eigenvalue weighted by Crippen LogP contribution is 2.38. The van der Waals surface area contributed by atoms with Gasteiger partial charge in [-0.2, -0.15) is 4.98 Å². The first-order chi connectivity index (χ1) is 20.5. The van der Waals surface area contributed by atoms with E-state index in [2.05, 4.69) is 20.7 Å². The fraction of sp³-hybridized carbons (Fsp3) is 0.194. The topological polar surface area (TPSA) is 110 Å². The zero-order valence-electron chi connectivity index (χ0n) is 23.7. The van der Waals surface area contributed by atoms with Gasteiger partial charge in [-0.05, 0) is 67.4 Å². The molecule has 3 N–H and O–H groups in total. The monoisotopic (exact) mass is 591 g/mol. The number of rotatable bonds is 9. The number of carbonyl (C=O) groups excluding carboxylic acids is 1. The second kappa shape index (κ2) is 11.6. The van der Waals surface area contributed by atoms with Crippen LogP contribution in [-0.4, -0.2) is 39.8 Å². The molecule has 0 atom stereocenters. The second-order valence-electron chi connectivity index (χ2n) is 10.2. The highest BCUT2D eigenvalue weighted by atomic mass is 19.1. The van der Waals surface area contributed by atoms with Crippen LogP contribution in [0.4, 0.5) is 24.8 Å². The van der Waals surface area contributed by atoms with Crippen molar-refractivity contribution in [3.63, 3.8) is 0 Å². The number of hydrogen-bond acceptors (Lipinski definition) is 7. The Kier molecular flexibility index (Phi) is 7.96. The maximum absolute atomic E-state index is 15.0. The number of halogens is 3. The van der Waals surface area contributed by atoms with Gasteiger partial charge in [0.1, 0.15) is 17.3 Å². The van der Waals surface area contributed by atoms with Crippen LogP contribution in [0.15, 0.2) is 66.9 Å². The SMILES string of the molecule is COc1cc(-c2ccc3nc(Nc4c(F)cc(C(C)(C)O)c(F)c4OC)nn3c2)ccc1C(=O)NCc1ccc(F)cc1. The highest BCUT2D eigenvalue weighted by Gasteiger charge is 2.28. The Bertz CT molecular complexity index is 1820. The third kappa shape index (κ3) is 6.09. The van der Waals surface area contributed by atoms with Crippen LogP contribution in [0.1, 0.15) is 35.3 Å². The molecule has 0 bridgehead atoms. The Morgan fingerprint density at radius 1 is 0.977 bits per heavy atom. The smallest absolute Gasteiger partial charge is 0.255 e. The van der Waals surface area contributed by atoms with Gasteiger partial charge in [0, 0.05) is 23.9 Å².